The summed E-state index contributed by atoms with van der Waals surface area (Å²) in [5, 5.41) is 2.61. The lowest BCUT2D eigenvalue weighted by atomic mass is 10.1. The first-order valence-electron chi connectivity index (χ1n) is 9.00. The first-order valence-corrected chi connectivity index (χ1v) is 10.4. The number of carbonyl (C=O) groups is 4. The number of rotatable bonds is 8. The molecule has 0 bridgehead atoms. The summed E-state index contributed by atoms with van der Waals surface area (Å²) in [6.45, 7) is -0.507. The number of fused-ring (bicyclic) bond motifs is 1. The van der Waals surface area contributed by atoms with E-state index in [0.29, 0.717) is 11.4 Å². The van der Waals surface area contributed by atoms with E-state index in [1.54, 1.807) is 48.5 Å². The zero-order valence-corrected chi connectivity index (χ0v) is 16.6. The molecular weight excluding hydrogens is 392 g/mol. The van der Waals surface area contributed by atoms with E-state index in [0.717, 1.165) is 4.90 Å². The number of amides is 3. The van der Waals surface area contributed by atoms with Crippen molar-refractivity contribution in [2.24, 2.45) is 0 Å². The molecule has 0 unspecified atom stereocenters. The summed E-state index contributed by atoms with van der Waals surface area (Å²) in [5.74, 6) is -1.79. The lowest BCUT2D eigenvalue weighted by Gasteiger charge is -2.24. The van der Waals surface area contributed by atoms with Crippen LogP contribution >= 0.6 is 11.8 Å². The molecule has 3 rings (SSSR count). The van der Waals surface area contributed by atoms with Gasteiger partial charge in [-0.05, 0) is 42.7 Å². The smallest absolute Gasteiger partial charge is 0.329 e. The van der Waals surface area contributed by atoms with Crippen LogP contribution in [-0.4, -0.2) is 53.2 Å². The van der Waals surface area contributed by atoms with E-state index in [1.807, 2.05) is 12.3 Å². The number of anilines is 1. The van der Waals surface area contributed by atoms with Gasteiger partial charge in [0.15, 0.2) is 6.61 Å². The number of imide groups is 1. The van der Waals surface area contributed by atoms with Gasteiger partial charge in [-0.3, -0.25) is 19.3 Å². The summed E-state index contributed by atoms with van der Waals surface area (Å²) in [4.78, 5) is 51.1. The lowest BCUT2D eigenvalue weighted by molar-refractivity contribution is -0.151. The second-order valence-electron chi connectivity index (χ2n) is 6.35. The molecule has 0 spiro atoms. The van der Waals surface area contributed by atoms with Crippen LogP contribution < -0.4 is 5.32 Å². The van der Waals surface area contributed by atoms with Crippen molar-refractivity contribution in [3.63, 3.8) is 0 Å². The number of esters is 1. The summed E-state index contributed by atoms with van der Waals surface area (Å²) >= 11 is 1.48. The molecule has 1 atom stereocenters. The Labute approximate surface area is 172 Å². The molecular formula is C21H20N2O5S. The van der Waals surface area contributed by atoms with Gasteiger partial charge in [0.05, 0.1) is 11.1 Å². The van der Waals surface area contributed by atoms with E-state index in [4.69, 9.17) is 4.74 Å². The lowest BCUT2D eigenvalue weighted by Crippen LogP contribution is -2.46. The monoisotopic (exact) mass is 412 g/mol. The SMILES string of the molecule is CSCC[C@@H](C(=O)OCC(=O)Nc1ccccc1)N1C(=O)c2ccccc2C1=O. The van der Waals surface area contributed by atoms with Gasteiger partial charge < -0.3 is 10.1 Å². The fourth-order valence-electron chi connectivity index (χ4n) is 3.02. The van der Waals surface area contributed by atoms with E-state index in [9.17, 15) is 19.2 Å². The first kappa shape index (κ1) is 20.6. The van der Waals surface area contributed by atoms with Crippen molar-refractivity contribution in [1.82, 2.24) is 4.90 Å². The first-order chi connectivity index (χ1) is 14.0. The molecule has 0 saturated heterocycles. The molecule has 0 saturated carbocycles. The minimum absolute atomic E-state index is 0.242. The van der Waals surface area contributed by atoms with E-state index in [2.05, 4.69) is 5.32 Å². The Morgan fingerprint density at radius 2 is 1.59 bits per heavy atom. The van der Waals surface area contributed by atoms with Crippen LogP contribution in [0.3, 0.4) is 0 Å². The normalized spacial score (nSPS) is 13.8. The third-order valence-corrected chi connectivity index (χ3v) is 5.05. The van der Waals surface area contributed by atoms with Crippen LogP contribution in [0.15, 0.2) is 54.6 Å². The number of nitrogens with zero attached hydrogens (tertiary/aromatic N) is 1. The average Bonchev–Trinajstić information content (AvgIpc) is 2.99. The summed E-state index contributed by atoms with van der Waals surface area (Å²) in [6, 6.07) is 14.1. The second kappa shape index (κ2) is 9.38. The van der Waals surface area contributed by atoms with Crippen molar-refractivity contribution in [3.8, 4) is 0 Å². The number of carbonyl (C=O) groups excluding carboxylic acids is 4. The number of thioether (sulfide) groups is 1. The molecule has 3 amide bonds. The molecule has 7 nitrogen and oxygen atoms in total. The van der Waals surface area contributed by atoms with Gasteiger partial charge in [0.2, 0.25) is 0 Å². The molecule has 0 fully saturated rings. The molecule has 2 aromatic carbocycles. The Balaban J connectivity index is 1.68. The molecule has 0 radical (unpaired) electrons. The van der Waals surface area contributed by atoms with Crippen LogP contribution in [0.4, 0.5) is 5.69 Å². The maximum atomic E-state index is 12.7. The maximum Gasteiger partial charge on any atom is 0.329 e. The zero-order chi connectivity index (χ0) is 20.8. The molecule has 0 aromatic heterocycles. The zero-order valence-electron chi connectivity index (χ0n) is 15.8. The molecule has 1 aliphatic heterocycles. The number of hydrogen-bond donors (Lipinski definition) is 1. The van der Waals surface area contributed by atoms with Crippen molar-refractivity contribution in [3.05, 3.63) is 65.7 Å². The van der Waals surface area contributed by atoms with Gasteiger partial charge in [-0.2, -0.15) is 11.8 Å². The Kier molecular flexibility index (Phi) is 6.66. The maximum absolute atomic E-state index is 12.7. The molecule has 1 N–H and O–H groups in total. The Morgan fingerprint density at radius 3 is 2.17 bits per heavy atom. The van der Waals surface area contributed by atoms with Crippen molar-refractivity contribution < 1.29 is 23.9 Å². The molecule has 8 heteroatoms. The Bertz CT molecular complexity index is 897. The summed E-state index contributed by atoms with van der Waals surface area (Å²) in [5.41, 5.74) is 1.11. The number of ether oxygens (including phenoxy) is 1. The molecule has 150 valence electrons. The van der Waals surface area contributed by atoms with Crippen LogP contribution in [0.5, 0.6) is 0 Å². The highest BCUT2D eigenvalue weighted by molar-refractivity contribution is 7.98. The number of nitrogens with one attached hydrogen (secondary N) is 1. The summed E-state index contributed by atoms with van der Waals surface area (Å²) in [7, 11) is 0. The largest absolute Gasteiger partial charge is 0.454 e. The van der Waals surface area contributed by atoms with Gasteiger partial charge in [-0.15, -0.1) is 0 Å². The highest BCUT2D eigenvalue weighted by Crippen LogP contribution is 2.26. The average molecular weight is 412 g/mol. The molecule has 1 heterocycles. The minimum atomic E-state index is -1.08. The highest BCUT2D eigenvalue weighted by atomic mass is 32.2. The van der Waals surface area contributed by atoms with Crippen LogP contribution in [0.1, 0.15) is 27.1 Å². The Hall–Kier alpha value is -3.13. The van der Waals surface area contributed by atoms with Gasteiger partial charge in [0, 0.05) is 5.69 Å². The van der Waals surface area contributed by atoms with Crippen LogP contribution in [-0.2, 0) is 14.3 Å². The number of para-hydroxylation sites is 1. The van der Waals surface area contributed by atoms with Crippen molar-refractivity contribution in [2.45, 2.75) is 12.5 Å². The minimum Gasteiger partial charge on any atom is -0.454 e. The van der Waals surface area contributed by atoms with Crippen LogP contribution in [0.2, 0.25) is 0 Å². The molecule has 1 aliphatic rings. The van der Waals surface area contributed by atoms with E-state index in [1.165, 1.54) is 11.8 Å². The molecule has 2 aromatic rings. The predicted molar refractivity (Wildman–Crippen MR) is 110 cm³/mol. The summed E-state index contributed by atoms with van der Waals surface area (Å²) < 4.78 is 5.14. The Morgan fingerprint density at radius 1 is 1.00 bits per heavy atom. The predicted octanol–water partition coefficient (Wildman–Crippen LogP) is 2.59. The van der Waals surface area contributed by atoms with Crippen LogP contribution in [0.25, 0.3) is 0 Å². The van der Waals surface area contributed by atoms with Crippen molar-refractivity contribution in [1.29, 1.82) is 0 Å². The quantitative estimate of drug-likeness (QED) is 0.529. The van der Waals surface area contributed by atoms with Crippen LogP contribution in [0, 0.1) is 0 Å². The van der Waals surface area contributed by atoms with E-state index >= 15 is 0 Å². The number of benzene rings is 2. The van der Waals surface area contributed by atoms with Gasteiger partial charge in [0.1, 0.15) is 6.04 Å². The topological polar surface area (TPSA) is 92.8 Å². The van der Waals surface area contributed by atoms with Crippen molar-refractivity contribution in [2.75, 3.05) is 23.9 Å². The summed E-state index contributed by atoms with van der Waals surface area (Å²) in [6.07, 6.45) is 2.10. The van der Waals surface area contributed by atoms with Gasteiger partial charge in [-0.25, -0.2) is 4.79 Å². The van der Waals surface area contributed by atoms with Crippen molar-refractivity contribution >= 4 is 41.1 Å². The fraction of sp³-hybridized carbons (Fsp3) is 0.238. The molecule has 29 heavy (non-hydrogen) atoms. The van der Waals surface area contributed by atoms with E-state index < -0.39 is 36.3 Å². The van der Waals surface area contributed by atoms with Gasteiger partial charge in [0.25, 0.3) is 17.7 Å². The van der Waals surface area contributed by atoms with Gasteiger partial charge >= 0.3 is 5.97 Å². The third kappa shape index (κ3) is 4.65. The second-order valence-corrected chi connectivity index (χ2v) is 7.33. The van der Waals surface area contributed by atoms with Gasteiger partial charge in [-0.1, -0.05) is 30.3 Å². The van der Waals surface area contributed by atoms with E-state index in [-0.39, 0.29) is 17.5 Å². The third-order valence-electron chi connectivity index (χ3n) is 4.41. The highest BCUT2D eigenvalue weighted by Gasteiger charge is 2.43. The number of hydrogen-bond acceptors (Lipinski definition) is 6. The fourth-order valence-corrected chi connectivity index (χ4v) is 3.48. The molecule has 0 aliphatic carbocycles. The standard InChI is InChI=1S/C21H20N2O5S/c1-29-12-11-17(23-19(25)15-9-5-6-10-16(15)20(23)26)21(27)28-13-18(24)22-14-7-3-2-4-8-14/h2-10,17H,11-13H2,1H3,(H,22,24)/t17-/m0/s1.